The summed E-state index contributed by atoms with van der Waals surface area (Å²) in [6.45, 7) is 4.19. The molecule has 2 aromatic heterocycles. The largest absolute Gasteiger partial charge is 0.280 e. The molecule has 3 rings (SSSR count). The van der Waals surface area contributed by atoms with E-state index in [9.17, 15) is 9.59 Å². The Balaban J connectivity index is 1.79. The molecule has 0 aliphatic rings. The van der Waals surface area contributed by atoms with Gasteiger partial charge in [-0.15, -0.1) is 11.3 Å². The Morgan fingerprint density at radius 2 is 2.00 bits per heavy atom. The summed E-state index contributed by atoms with van der Waals surface area (Å²) >= 11 is 1.51. The van der Waals surface area contributed by atoms with Crippen molar-refractivity contribution in [2.75, 3.05) is 5.43 Å². The first-order valence-corrected chi connectivity index (χ1v) is 9.34. The first-order valence-electron chi connectivity index (χ1n) is 8.52. The van der Waals surface area contributed by atoms with Crippen LogP contribution in [0.2, 0.25) is 0 Å². The van der Waals surface area contributed by atoms with E-state index >= 15 is 0 Å². The van der Waals surface area contributed by atoms with Gasteiger partial charge in [-0.05, 0) is 43.0 Å². The number of hydrogen-bond donors (Lipinski definition) is 1. The number of nitrogens with zero attached hydrogens (tertiary/aromatic N) is 2. The first-order chi connectivity index (χ1) is 12.1. The van der Waals surface area contributed by atoms with Crippen molar-refractivity contribution in [3.8, 4) is 0 Å². The fourth-order valence-corrected chi connectivity index (χ4v) is 3.53. The Hall–Kier alpha value is -2.47. The molecule has 0 aliphatic carbocycles. The van der Waals surface area contributed by atoms with Crippen molar-refractivity contribution in [2.24, 2.45) is 0 Å². The molecule has 0 aliphatic heterocycles. The lowest BCUT2D eigenvalue weighted by Crippen LogP contribution is -2.33. The Kier molecular flexibility index (Phi) is 5.28. The molecule has 1 aromatic carbocycles. The predicted molar refractivity (Wildman–Crippen MR) is 102 cm³/mol. The molecular formula is C19H21N3O2S. The van der Waals surface area contributed by atoms with Crippen LogP contribution in [0.5, 0.6) is 0 Å². The lowest BCUT2D eigenvalue weighted by Gasteiger charge is -2.08. The van der Waals surface area contributed by atoms with Gasteiger partial charge in [0.1, 0.15) is 11.2 Å². The average Bonchev–Trinajstić information content (AvgIpc) is 3.07. The van der Waals surface area contributed by atoms with Crippen molar-refractivity contribution in [1.82, 2.24) is 9.66 Å². The number of hydrogen-bond acceptors (Lipinski definition) is 4. The quantitative estimate of drug-likeness (QED) is 0.732. The maximum absolute atomic E-state index is 12.5. The molecule has 0 bridgehead atoms. The number of aryl methyl sites for hydroxylation is 2. The molecule has 0 spiro atoms. The summed E-state index contributed by atoms with van der Waals surface area (Å²) < 4.78 is 1.15. The number of unbranched alkanes of at least 4 members (excludes halogenated alkanes) is 1. The number of carbonyl (C=O) groups excluding carboxylic acids is 1. The van der Waals surface area contributed by atoms with Crippen LogP contribution >= 0.6 is 11.3 Å². The van der Waals surface area contributed by atoms with Crippen LogP contribution in [0.3, 0.4) is 0 Å². The molecule has 0 fully saturated rings. The summed E-state index contributed by atoms with van der Waals surface area (Å²) in [7, 11) is 0. The number of fused-ring (bicyclic) bond motifs is 1. The monoisotopic (exact) mass is 355 g/mol. The minimum Gasteiger partial charge on any atom is -0.267 e. The standard InChI is InChI=1S/C19H21N3O2S/c1-3-5-6-13-7-9-14(10-8-13)17(23)21-22-12-20-18-16(19(22)24)11-15(4-2)25-18/h7-12H,3-6H2,1-2H3,(H,21,23). The van der Waals surface area contributed by atoms with Crippen LogP contribution in [0.4, 0.5) is 0 Å². The maximum atomic E-state index is 12.5. The van der Waals surface area contributed by atoms with Gasteiger partial charge >= 0.3 is 0 Å². The molecule has 0 saturated carbocycles. The second-order valence-corrected chi connectivity index (χ2v) is 7.06. The van der Waals surface area contributed by atoms with Gasteiger partial charge in [0.05, 0.1) is 5.39 Å². The van der Waals surface area contributed by atoms with Gasteiger partial charge < -0.3 is 0 Å². The van der Waals surface area contributed by atoms with Crippen LogP contribution in [-0.2, 0) is 12.8 Å². The number of nitrogens with one attached hydrogen (secondary N) is 1. The summed E-state index contributed by atoms with van der Waals surface area (Å²) in [4.78, 5) is 31.0. The minimum atomic E-state index is -0.323. The molecule has 0 radical (unpaired) electrons. The number of thiophene rings is 1. The van der Waals surface area contributed by atoms with E-state index in [0.717, 1.165) is 35.2 Å². The zero-order chi connectivity index (χ0) is 17.8. The smallest absolute Gasteiger partial charge is 0.267 e. The molecule has 0 unspecified atom stereocenters. The molecule has 6 heteroatoms. The van der Waals surface area contributed by atoms with E-state index in [1.54, 1.807) is 12.1 Å². The second kappa shape index (κ2) is 7.61. The lowest BCUT2D eigenvalue weighted by molar-refractivity contribution is 0.101. The topological polar surface area (TPSA) is 64.0 Å². The highest BCUT2D eigenvalue weighted by Crippen LogP contribution is 2.20. The van der Waals surface area contributed by atoms with Crippen LogP contribution in [0.15, 0.2) is 41.5 Å². The zero-order valence-corrected chi connectivity index (χ0v) is 15.2. The van der Waals surface area contributed by atoms with Gasteiger partial charge in [-0.25, -0.2) is 9.66 Å². The van der Waals surface area contributed by atoms with E-state index in [-0.39, 0.29) is 11.5 Å². The number of rotatable bonds is 6. The molecule has 25 heavy (non-hydrogen) atoms. The summed E-state index contributed by atoms with van der Waals surface area (Å²) in [5.74, 6) is -0.323. The van der Waals surface area contributed by atoms with Gasteiger partial charge in [-0.1, -0.05) is 32.4 Å². The van der Waals surface area contributed by atoms with Crippen molar-refractivity contribution in [3.05, 3.63) is 63.0 Å². The van der Waals surface area contributed by atoms with Crippen LogP contribution in [-0.4, -0.2) is 15.6 Å². The van der Waals surface area contributed by atoms with Crippen LogP contribution < -0.4 is 11.0 Å². The second-order valence-electron chi connectivity index (χ2n) is 5.95. The highest BCUT2D eigenvalue weighted by atomic mass is 32.1. The molecule has 3 aromatic rings. The molecule has 5 nitrogen and oxygen atoms in total. The Labute approximate surface area is 150 Å². The molecule has 1 amide bonds. The lowest BCUT2D eigenvalue weighted by atomic mass is 10.1. The number of carbonyl (C=O) groups is 1. The van der Waals surface area contributed by atoms with Crippen molar-refractivity contribution in [3.63, 3.8) is 0 Å². The zero-order valence-electron chi connectivity index (χ0n) is 14.4. The molecule has 1 N–H and O–H groups in total. The van der Waals surface area contributed by atoms with Gasteiger partial charge in [0.2, 0.25) is 0 Å². The number of benzene rings is 1. The predicted octanol–water partition coefficient (Wildman–Crippen LogP) is 3.75. The fraction of sp³-hybridized carbons (Fsp3) is 0.316. The van der Waals surface area contributed by atoms with Gasteiger partial charge in [-0.3, -0.25) is 15.0 Å². The molecule has 130 valence electrons. The number of amides is 1. The fourth-order valence-electron chi connectivity index (χ4n) is 2.60. The van der Waals surface area contributed by atoms with Crippen LogP contribution in [0, 0.1) is 0 Å². The van der Waals surface area contributed by atoms with Gasteiger partial charge in [0.15, 0.2) is 0 Å². The van der Waals surface area contributed by atoms with Gasteiger partial charge in [-0.2, -0.15) is 0 Å². The maximum Gasteiger partial charge on any atom is 0.280 e. The van der Waals surface area contributed by atoms with E-state index in [1.807, 2.05) is 25.1 Å². The molecule has 0 saturated heterocycles. The molecule has 2 heterocycles. The first kappa shape index (κ1) is 17.4. The Morgan fingerprint density at radius 3 is 2.68 bits per heavy atom. The van der Waals surface area contributed by atoms with E-state index in [2.05, 4.69) is 17.3 Å². The summed E-state index contributed by atoms with van der Waals surface area (Å²) in [6.07, 6.45) is 5.51. The van der Waals surface area contributed by atoms with Crippen molar-refractivity contribution in [2.45, 2.75) is 39.5 Å². The normalized spacial score (nSPS) is 11.0. The SMILES string of the molecule is CCCCc1ccc(C(=O)Nn2cnc3sc(CC)cc3c2=O)cc1. The summed E-state index contributed by atoms with van der Waals surface area (Å²) in [5, 5.41) is 0.541. The van der Waals surface area contributed by atoms with Crippen molar-refractivity contribution in [1.29, 1.82) is 0 Å². The third kappa shape index (κ3) is 3.79. The number of aromatic nitrogens is 2. The van der Waals surface area contributed by atoms with Crippen LogP contribution in [0.1, 0.15) is 47.5 Å². The van der Waals surface area contributed by atoms with E-state index in [1.165, 1.54) is 23.2 Å². The van der Waals surface area contributed by atoms with Crippen molar-refractivity contribution < 1.29 is 4.79 Å². The summed E-state index contributed by atoms with van der Waals surface area (Å²) in [5.41, 5.74) is 4.09. The summed E-state index contributed by atoms with van der Waals surface area (Å²) in [6, 6.07) is 9.34. The average molecular weight is 355 g/mol. The van der Waals surface area contributed by atoms with Gasteiger partial charge in [0.25, 0.3) is 11.5 Å². The third-order valence-electron chi connectivity index (χ3n) is 4.11. The Morgan fingerprint density at radius 1 is 1.24 bits per heavy atom. The van der Waals surface area contributed by atoms with E-state index in [4.69, 9.17) is 0 Å². The highest BCUT2D eigenvalue weighted by Gasteiger charge is 2.11. The highest BCUT2D eigenvalue weighted by molar-refractivity contribution is 7.18. The van der Waals surface area contributed by atoms with E-state index < -0.39 is 0 Å². The van der Waals surface area contributed by atoms with Crippen LogP contribution in [0.25, 0.3) is 10.2 Å². The van der Waals surface area contributed by atoms with Crippen molar-refractivity contribution >= 4 is 27.5 Å². The van der Waals surface area contributed by atoms with Gasteiger partial charge in [0, 0.05) is 10.4 Å². The molecular weight excluding hydrogens is 334 g/mol. The third-order valence-corrected chi connectivity index (χ3v) is 5.30. The Bertz CT molecular complexity index is 941. The molecule has 0 atom stereocenters. The minimum absolute atomic E-state index is 0.256. The van der Waals surface area contributed by atoms with E-state index in [0.29, 0.717) is 15.8 Å².